The lowest BCUT2D eigenvalue weighted by Crippen LogP contribution is -2.35. The Morgan fingerprint density at radius 1 is 1.29 bits per heavy atom. The number of carbonyl (C=O) groups is 1. The summed E-state index contributed by atoms with van der Waals surface area (Å²) in [6.45, 7) is 2.60. The Labute approximate surface area is 127 Å². The van der Waals surface area contributed by atoms with E-state index in [1.165, 1.54) is 5.56 Å². The van der Waals surface area contributed by atoms with Gasteiger partial charge in [0.25, 0.3) is 0 Å². The minimum Gasteiger partial charge on any atom is -0.377 e. The third-order valence-electron chi connectivity index (χ3n) is 4.17. The Balaban J connectivity index is 1.54. The Morgan fingerprint density at radius 2 is 2.10 bits per heavy atom. The van der Waals surface area contributed by atoms with Gasteiger partial charge >= 0.3 is 0 Å². The minimum absolute atomic E-state index is 0.125. The SMILES string of the molecule is NCC1CCCC1C(=O)NCCCOCc1ccccc1. The molecular formula is C17H26N2O2. The molecule has 0 bridgehead atoms. The van der Waals surface area contributed by atoms with Crippen LogP contribution in [0.2, 0.25) is 0 Å². The highest BCUT2D eigenvalue weighted by atomic mass is 16.5. The van der Waals surface area contributed by atoms with E-state index in [2.05, 4.69) is 17.4 Å². The van der Waals surface area contributed by atoms with Gasteiger partial charge in [-0.25, -0.2) is 0 Å². The number of benzene rings is 1. The maximum Gasteiger partial charge on any atom is 0.223 e. The average molecular weight is 290 g/mol. The van der Waals surface area contributed by atoms with E-state index in [1.807, 2.05) is 18.2 Å². The van der Waals surface area contributed by atoms with Crippen LogP contribution in [0, 0.1) is 11.8 Å². The lowest BCUT2D eigenvalue weighted by atomic mass is 9.95. The zero-order valence-electron chi connectivity index (χ0n) is 12.6. The third kappa shape index (κ3) is 5.14. The molecule has 0 radical (unpaired) electrons. The van der Waals surface area contributed by atoms with Crippen molar-refractivity contribution in [3.63, 3.8) is 0 Å². The van der Waals surface area contributed by atoms with Crippen molar-refractivity contribution in [3.8, 4) is 0 Å². The zero-order chi connectivity index (χ0) is 14.9. The second-order valence-corrected chi connectivity index (χ2v) is 5.72. The van der Waals surface area contributed by atoms with Crippen LogP contribution in [0.5, 0.6) is 0 Å². The monoisotopic (exact) mass is 290 g/mol. The Bertz CT molecular complexity index is 422. The van der Waals surface area contributed by atoms with Crippen LogP contribution in [-0.4, -0.2) is 25.6 Å². The van der Waals surface area contributed by atoms with Gasteiger partial charge in [-0.1, -0.05) is 36.8 Å². The highest BCUT2D eigenvalue weighted by Crippen LogP contribution is 2.30. The normalized spacial score (nSPS) is 21.4. The first-order valence-electron chi connectivity index (χ1n) is 7.90. The first-order chi connectivity index (χ1) is 10.3. The summed E-state index contributed by atoms with van der Waals surface area (Å²) in [6, 6.07) is 10.1. The molecule has 0 aromatic heterocycles. The third-order valence-corrected chi connectivity index (χ3v) is 4.17. The summed E-state index contributed by atoms with van der Waals surface area (Å²) < 4.78 is 5.60. The van der Waals surface area contributed by atoms with Crippen LogP contribution in [-0.2, 0) is 16.1 Å². The maximum absolute atomic E-state index is 12.1. The van der Waals surface area contributed by atoms with Crippen LogP contribution in [0.15, 0.2) is 30.3 Å². The van der Waals surface area contributed by atoms with E-state index in [4.69, 9.17) is 10.5 Å². The smallest absolute Gasteiger partial charge is 0.223 e. The molecule has 2 unspecified atom stereocenters. The fourth-order valence-electron chi connectivity index (χ4n) is 2.95. The van der Waals surface area contributed by atoms with E-state index in [0.717, 1.165) is 25.7 Å². The molecule has 1 aromatic carbocycles. The van der Waals surface area contributed by atoms with Crippen LogP contribution >= 0.6 is 0 Å². The van der Waals surface area contributed by atoms with Gasteiger partial charge in [-0.15, -0.1) is 0 Å². The van der Waals surface area contributed by atoms with Crippen molar-refractivity contribution in [3.05, 3.63) is 35.9 Å². The quantitative estimate of drug-likeness (QED) is 0.721. The standard InChI is InChI=1S/C17H26N2O2/c18-12-15-8-4-9-16(15)17(20)19-10-5-11-21-13-14-6-2-1-3-7-14/h1-3,6-7,15-16H,4-5,8-13,18H2,(H,19,20). The van der Waals surface area contributed by atoms with Crippen molar-refractivity contribution in [1.29, 1.82) is 0 Å². The highest BCUT2D eigenvalue weighted by molar-refractivity contribution is 5.79. The van der Waals surface area contributed by atoms with Gasteiger partial charge in [0.2, 0.25) is 5.91 Å². The number of nitrogens with two attached hydrogens (primary N) is 1. The van der Waals surface area contributed by atoms with Gasteiger partial charge in [-0.3, -0.25) is 4.79 Å². The minimum atomic E-state index is 0.125. The van der Waals surface area contributed by atoms with E-state index in [1.54, 1.807) is 0 Å². The van der Waals surface area contributed by atoms with Gasteiger partial charge in [-0.05, 0) is 37.3 Å². The summed E-state index contributed by atoms with van der Waals surface area (Å²) in [6.07, 6.45) is 4.05. The summed E-state index contributed by atoms with van der Waals surface area (Å²) in [4.78, 5) is 12.1. The van der Waals surface area contributed by atoms with Crippen molar-refractivity contribution >= 4 is 5.91 Å². The molecule has 1 fully saturated rings. The van der Waals surface area contributed by atoms with Crippen LogP contribution in [0.3, 0.4) is 0 Å². The molecule has 3 N–H and O–H groups in total. The van der Waals surface area contributed by atoms with E-state index in [9.17, 15) is 4.79 Å². The predicted octanol–water partition coefficient (Wildman–Crippen LogP) is 2.08. The molecule has 21 heavy (non-hydrogen) atoms. The summed E-state index contributed by atoms with van der Waals surface area (Å²) in [5, 5.41) is 3.01. The van der Waals surface area contributed by atoms with Crippen molar-refractivity contribution in [1.82, 2.24) is 5.32 Å². The lowest BCUT2D eigenvalue weighted by Gasteiger charge is -2.17. The average Bonchev–Trinajstić information content (AvgIpc) is 3.00. The Kier molecular flexibility index (Phi) is 6.70. The molecule has 1 amide bonds. The molecule has 1 aliphatic rings. The number of amides is 1. The number of ether oxygens (including phenoxy) is 1. The highest BCUT2D eigenvalue weighted by Gasteiger charge is 2.31. The van der Waals surface area contributed by atoms with E-state index < -0.39 is 0 Å². The molecule has 0 aliphatic heterocycles. The van der Waals surface area contributed by atoms with Crippen LogP contribution in [0.25, 0.3) is 0 Å². The van der Waals surface area contributed by atoms with E-state index in [0.29, 0.717) is 32.2 Å². The number of hydrogen-bond donors (Lipinski definition) is 2. The Morgan fingerprint density at radius 3 is 2.86 bits per heavy atom. The first kappa shape index (κ1) is 16.0. The molecule has 116 valence electrons. The number of rotatable bonds is 8. The zero-order valence-corrected chi connectivity index (χ0v) is 12.6. The van der Waals surface area contributed by atoms with Gasteiger partial charge in [0.15, 0.2) is 0 Å². The molecule has 0 spiro atoms. The molecule has 1 saturated carbocycles. The van der Waals surface area contributed by atoms with Crippen LogP contribution in [0.4, 0.5) is 0 Å². The van der Waals surface area contributed by atoms with Gasteiger partial charge in [0.05, 0.1) is 6.61 Å². The summed E-state index contributed by atoms with van der Waals surface area (Å²) in [5.41, 5.74) is 6.89. The van der Waals surface area contributed by atoms with Crippen molar-refractivity contribution in [2.45, 2.75) is 32.3 Å². The summed E-state index contributed by atoms with van der Waals surface area (Å²) in [5.74, 6) is 0.672. The summed E-state index contributed by atoms with van der Waals surface area (Å²) in [7, 11) is 0. The molecule has 0 heterocycles. The second-order valence-electron chi connectivity index (χ2n) is 5.72. The Hall–Kier alpha value is -1.39. The molecule has 2 atom stereocenters. The maximum atomic E-state index is 12.1. The molecule has 4 heteroatoms. The largest absolute Gasteiger partial charge is 0.377 e. The van der Waals surface area contributed by atoms with E-state index >= 15 is 0 Å². The summed E-state index contributed by atoms with van der Waals surface area (Å²) >= 11 is 0. The predicted molar refractivity (Wildman–Crippen MR) is 83.6 cm³/mol. The molecule has 4 nitrogen and oxygen atoms in total. The van der Waals surface area contributed by atoms with Crippen LogP contribution in [0.1, 0.15) is 31.2 Å². The number of hydrogen-bond acceptors (Lipinski definition) is 3. The van der Waals surface area contributed by atoms with Gasteiger partial charge in [0, 0.05) is 19.1 Å². The fourth-order valence-corrected chi connectivity index (χ4v) is 2.95. The van der Waals surface area contributed by atoms with Gasteiger partial charge in [0.1, 0.15) is 0 Å². The topological polar surface area (TPSA) is 64.4 Å². The van der Waals surface area contributed by atoms with E-state index in [-0.39, 0.29) is 11.8 Å². The molecular weight excluding hydrogens is 264 g/mol. The first-order valence-corrected chi connectivity index (χ1v) is 7.90. The fraction of sp³-hybridized carbons (Fsp3) is 0.588. The second kappa shape index (κ2) is 8.80. The van der Waals surface area contributed by atoms with Gasteiger partial charge < -0.3 is 15.8 Å². The molecule has 2 rings (SSSR count). The van der Waals surface area contributed by atoms with Crippen molar-refractivity contribution in [2.75, 3.05) is 19.7 Å². The van der Waals surface area contributed by atoms with Crippen LogP contribution < -0.4 is 11.1 Å². The molecule has 1 aliphatic carbocycles. The number of nitrogens with one attached hydrogen (secondary N) is 1. The lowest BCUT2D eigenvalue weighted by molar-refractivity contribution is -0.126. The molecule has 1 aromatic rings. The molecule has 0 saturated heterocycles. The van der Waals surface area contributed by atoms with Crippen molar-refractivity contribution in [2.24, 2.45) is 17.6 Å². The number of carbonyl (C=O) groups excluding carboxylic acids is 1. The van der Waals surface area contributed by atoms with Crippen molar-refractivity contribution < 1.29 is 9.53 Å². The van der Waals surface area contributed by atoms with Gasteiger partial charge in [-0.2, -0.15) is 0 Å².